The molecule has 1 aromatic carbocycles. The summed E-state index contributed by atoms with van der Waals surface area (Å²) in [5, 5.41) is 9.10. The quantitative estimate of drug-likeness (QED) is 0.835. The Bertz CT molecular complexity index is 529. The minimum Gasteiger partial charge on any atom is -0.508 e. The number of hydrogen-bond donors (Lipinski definition) is 1. The number of halogens is 3. The summed E-state index contributed by atoms with van der Waals surface area (Å²) in [7, 11) is 1.49. The van der Waals surface area contributed by atoms with Crippen molar-refractivity contribution in [3.05, 3.63) is 36.2 Å². The van der Waals surface area contributed by atoms with Crippen LogP contribution in [-0.2, 0) is 13.2 Å². The molecule has 0 saturated carbocycles. The Labute approximate surface area is 95.1 Å². The van der Waals surface area contributed by atoms with E-state index in [9.17, 15) is 13.2 Å². The van der Waals surface area contributed by atoms with E-state index >= 15 is 0 Å². The van der Waals surface area contributed by atoms with E-state index in [1.54, 1.807) is 0 Å². The molecule has 3 nitrogen and oxygen atoms in total. The van der Waals surface area contributed by atoms with Crippen LogP contribution in [0.3, 0.4) is 0 Å². The van der Waals surface area contributed by atoms with E-state index in [-0.39, 0.29) is 11.6 Å². The Morgan fingerprint density at radius 2 is 1.76 bits per heavy atom. The second-order valence-electron chi connectivity index (χ2n) is 3.61. The first-order valence-electron chi connectivity index (χ1n) is 4.78. The van der Waals surface area contributed by atoms with Crippen LogP contribution >= 0.6 is 0 Å². The molecule has 2 aromatic rings. The van der Waals surface area contributed by atoms with Crippen LogP contribution in [0.4, 0.5) is 13.2 Å². The Balaban J connectivity index is 2.46. The standard InChI is InChI=1S/C11H9F3N2O/c1-16-6-9(11(12,13)14)15-10(16)7-2-4-8(17)5-3-7/h2-6,17H,1H3. The molecule has 17 heavy (non-hydrogen) atoms. The minimum absolute atomic E-state index is 0.0546. The lowest BCUT2D eigenvalue weighted by atomic mass is 10.2. The molecule has 0 aliphatic heterocycles. The molecule has 2 rings (SSSR count). The molecular formula is C11H9F3N2O. The van der Waals surface area contributed by atoms with E-state index in [2.05, 4.69) is 4.98 Å². The maximum Gasteiger partial charge on any atom is 0.434 e. The number of aromatic hydroxyl groups is 1. The van der Waals surface area contributed by atoms with Crippen molar-refractivity contribution in [1.29, 1.82) is 0 Å². The van der Waals surface area contributed by atoms with E-state index < -0.39 is 11.9 Å². The largest absolute Gasteiger partial charge is 0.508 e. The molecule has 0 amide bonds. The molecule has 0 unspecified atom stereocenters. The highest BCUT2D eigenvalue weighted by atomic mass is 19.4. The van der Waals surface area contributed by atoms with Gasteiger partial charge in [-0.05, 0) is 24.3 Å². The summed E-state index contributed by atoms with van der Waals surface area (Å²) >= 11 is 0. The van der Waals surface area contributed by atoms with Gasteiger partial charge in [0, 0.05) is 18.8 Å². The van der Waals surface area contributed by atoms with Gasteiger partial charge in [0.1, 0.15) is 11.6 Å². The first-order valence-corrected chi connectivity index (χ1v) is 4.78. The number of aryl methyl sites for hydroxylation is 1. The fourth-order valence-corrected chi connectivity index (χ4v) is 1.48. The predicted octanol–water partition coefficient (Wildman–Crippen LogP) is 2.81. The van der Waals surface area contributed by atoms with Crippen molar-refractivity contribution in [2.45, 2.75) is 6.18 Å². The summed E-state index contributed by atoms with van der Waals surface area (Å²) < 4.78 is 38.6. The Kier molecular flexibility index (Phi) is 2.57. The van der Waals surface area contributed by atoms with E-state index in [1.807, 2.05) is 0 Å². The first-order chi connectivity index (χ1) is 7.88. The molecule has 0 saturated heterocycles. The summed E-state index contributed by atoms with van der Waals surface area (Å²) in [5.74, 6) is 0.260. The summed E-state index contributed by atoms with van der Waals surface area (Å²) in [6, 6.07) is 5.82. The number of hydrogen-bond acceptors (Lipinski definition) is 2. The number of aromatic nitrogens is 2. The molecule has 0 aliphatic carbocycles. The number of phenols is 1. The van der Waals surface area contributed by atoms with Crippen molar-refractivity contribution in [3.8, 4) is 17.1 Å². The number of benzene rings is 1. The molecule has 6 heteroatoms. The van der Waals surface area contributed by atoms with Crippen LogP contribution in [-0.4, -0.2) is 14.7 Å². The fraction of sp³-hybridized carbons (Fsp3) is 0.182. The molecular weight excluding hydrogens is 233 g/mol. The van der Waals surface area contributed by atoms with Gasteiger partial charge in [-0.15, -0.1) is 0 Å². The van der Waals surface area contributed by atoms with Crippen LogP contribution in [0.25, 0.3) is 11.4 Å². The third kappa shape index (κ3) is 2.25. The van der Waals surface area contributed by atoms with E-state index in [4.69, 9.17) is 5.11 Å². The van der Waals surface area contributed by atoms with Gasteiger partial charge in [0.15, 0.2) is 5.69 Å². The summed E-state index contributed by atoms with van der Waals surface area (Å²) in [6.45, 7) is 0. The molecule has 0 fully saturated rings. The second-order valence-corrected chi connectivity index (χ2v) is 3.61. The summed E-state index contributed by atoms with van der Waals surface area (Å²) in [4.78, 5) is 3.54. The zero-order valence-corrected chi connectivity index (χ0v) is 8.86. The average molecular weight is 242 g/mol. The SMILES string of the molecule is Cn1cc(C(F)(F)F)nc1-c1ccc(O)cc1. The van der Waals surface area contributed by atoms with Crippen molar-refractivity contribution in [3.63, 3.8) is 0 Å². The van der Waals surface area contributed by atoms with Crippen molar-refractivity contribution in [2.24, 2.45) is 7.05 Å². The molecule has 0 spiro atoms. The molecule has 0 radical (unpaired) electrons. The lowest BCUT2D eigenvalue weighted by molar-refractivity contribution is -0.140. The summed E-state index contributed by atoms with van der Waals surface area (Å²) in [6.07, 6.45) is -3.52. The molecule has 1 N–H and O–H groups in total. The van der Waals surface area contributed by atoms with Crippen LogP contribution < -0.4 is 0 Å². The maximum absolute atomic E-state index is 12.4. The highest BCUT2D eigenvalue weighted by Gasteiger charge is 2.34. The topological polar surface area (TPSA) is 38.0 Å². The van der Waals surface area contributed by atoms with Gasteiger partial charge < -0.3 is 9.67 Å². The second kappa shape index (κ2) is 3.80. The number of imidazole rings is 1. The average Bonchev–Trinajstić information content (AvgIpc) is 2.61. The Morgan fingerprint density at radius 3 is 2.24 bits per heavy atom. The Morgan fingerprint density at radius 1 is 1.18 bits per heavy atom. The van der Waals surface area contributed by atoms with Crippen molar-refractivity contribution in [1.82, 2.24) is 9.55 Å². The highest BCUT2D eigenvalue weighted by molar-refractivity contribution is 5.57. The number of alkyl halides is 3. The smallest absolute Gasteiger partial charge is 0.434 e. The van der Waals surface area contributed by atoms with Gasteiger partial charge >= 0.3 is 6.18 Å². The van der Waals surface area contributed by atoms with Gasteiger partial charge in [-0.2, -0.15) is 13.2 Å². The van der Waals surface area contributed by atoms with Crippen LogP contribution in [0.15, 0.2) is 30.5 Å². The molecule has 90 valence electrons. The number of rotatable bonds is 1. The van der Waals surface area contributed by atoms with Crippen LogP contribution in [0.1, 0.15) is 5.69 Å². The maximum atomic E-state index is 12.4. The van der Waals surface area contributed by atoms with Crippen molar-refractivity contribution in [2.75, 3.05) is 0 Å². The Hall–Kier alpha value is -1.98. The van der Waals surface area contributed by atoms with Gasteiger partial charge in [-0.1, -0.05) is 0 Å². The predicted molar refractivity (Wildman–Crippen MR) is 55.3 cm³/mol. The lowest BCUT2D eigenvalue weighted by Crippen LogP contribution is -2.04. The van der Waals surface area contributed by atoms with Gasteiger partial charge in [0.05, 0.1) is 0 Å². The van der Waals surface area contributed by atoms with Crippen molar-refractivity contribution < 1.29 is 18.3 Å². The number of nitrogens with zero attached hydrogens (tertiary/aromatic N) is 2. The van der Waals surface area contributed by atoms with Gasteiger partial charge in [-0.3, -0.25) is 0 Å². The van der Waals surface area contributed by atoms with E-state index in [1.165, 1.54) is 35.9 Å². The molecule has 1 heterocycles. The summed E-state index contributed by atoms with van der Waals surface area (Å²) in [5.41, 5.74) is -0.413. The van der Waals surface area contributed by atoms with Gasteiger partial charge in [-0.25, -0.2) is 4.98 Å². The third-order valence-electron chi connectivity index (χ3n) is 2.29. The normalized spacial score (nSPS) is 11.8. The van der Waals surface area contributed by atoms with E-state index in [0.29, 0.717) is 5.56 Å². The van der Waals surface area contributed by atoms with Crippen LogP contribution in [0.2, 0.25) is 0 Å². The molecule has 1 aromatic heterocycles. The minimum atomic E-state index is -4.45. The highest BCUT2D eigenvalue weighted by Crippen LogP contribution is 2.30. The third-order valence-corrected chi connectivity index (χ3v) is 2.29. The van der Waals surface area contributed by atoms with E-state index in [0.717, 1.165) is 6.20 Å². The fourth-order valence-electron chi connectivity index (χ4n) is 1.48. The van der Waals surface area contributed by atoms with Crippen LogP contribution in [0, 0.1) is 0 Å². The number of phenolic OH excluding ortho intramolecular Hbond substituents is 1. The molecule has 0 atom stereocenters. The van der Waals surface area contributed by atoms with Crippen molar-refractivity contribution >= 4 is 0 Å². The monoisotopic (exact) mass is 242 g/mol. The zero-order chi connectivity index (χ0) is 12.6. The first kappa shape index (κ1) is 11.5. The van der Waals surface area contributed by atoms with Gasteiger partial charge in [0.25, 0.3) is 0 Å². The molecule has 0 bridgehead atoms. The van der Waals surface area contributed by atoms with Crippen LogP contribution in [0.5, 0.6) is 5.75 Å². The zero-order valence-electron chi connectivity index (χ0n) is 8.86. The molecule has 0 aliphatic rings. The lowest BCUT2D eigenvalue weighted by Gasteiger charge is -2.01. The van der Waals surface area contributed by atoms with Gasteiger partial charge in [0.2, 0.25) is 0 Å².